The van der Waals surface area contributed by atoms with E-state index in [1.54, 1.807) is 7.11 Å². The lowest BCUT2D eigenvalue weighted by Crippen LogP contribution is -2.28. The third-order valence-electron chi connectivity index (χ3n) is 2.96. The van der Waals surface area contributed by atoms with Gasteiger partial charge in [-0.3, -0.25) is 4.99 Å². The maximum absolute atomic E-state index is 5.83. The minimum Gasteiger partial charge on any atom is -0.497 e. The number of rotatable bonds is 7. The fraction of sp³-hybridized carbons (Fsp3) is 0.500. The van der Waals surface area contributed by atoms with E-state index in [2.05, 4.69) is 29.1 Å². The third-order valence-corrected chi connectivity index (χ3v) is 2.96. The van der Waals surface area contributed by atoms with Crippen molar-refractivity contribution in [3.63, 3.8) is 0 Å². The maximum atomic E-state index is 5.83. The van der Waals surface area contributed by atoms with Crippen molar-refractivity contribution in [2.24, 2.45) is 10.7 Å². The fourth-order valence-corrected chi connectivity index (χ4v) is 1.71. The molecule has 3 N–H and O–H groups in total. The number of aliphatic imine (C=N–C) groups is 1. The molecule has 0 aliphatic heterocycles. The Bertz CT molecular complexity index is 385. The van der Waals surface area contributed by atoms with Crippen LogP contribution in [0.3, 0.4) is 0 Å². The first-order valence-corrected chi connectivity index (χ1v) is 6.63. The summed E-state index contributed by atoms with van der Waals surface area (Å²) in [4.78, 5) is 6.62. The molecule has 19 heavy (non-hydrogen) atoms. The highest BCUT2D eigenvalue weighted by atomic mass is 16.5. The Morgan fingerprint density at radius 3 is 2.42 bits per heavy atom. The summed E-state index contributed by atoms with van der Waals surface area (Å²) in [5.74, 6) is 1.26. The number of hydrogen-bond acceptors (Lipinski definition) is 3. The smallest absolute Gasteiger partial charge is 0.193 e. The van der Waals surface area contributed by atoms with E-state index in [1.165, 1.54) is 0 Å². The lowest BCUT2D eigenvalue weighted by atomic mass is 10.3. The number of nitrogens with zero attached hydrogens (tertiary/aromatic N) is 2. The molecule has 0 heterocycles. The minimum atomic E-state index is 0.442. The van der Waals surface area contributed by atoms with Crippen molar-refractivity contribution in [2.75, 3.05) is 38.6 Å². The van der Waals surface area contributed by atoms with Gasteiger partial charge < -0.3 is 20.7 Å². The highest BCUT2D eigenvalue weighted by Gasteiger charge is 1.99. The second-order valence-electron chi connectivity index (χ2n) is 4.15. The Kier molecular flexibility index (Phi) is 6.74. The summed E-state index contributed by atoms with van der Waals surface area (Å²) in [6, 6.07) is 7.58. The van der Waals surface area contributed by atoms with Gasteiger partial charge in [-0.2, -0.15) is 0 Å². The van der Waals surface area contributed by atoms with Crippen molar-refractivity contribution in [3.05, 3.63) is 24.3 Å². The lowest BCUT2D eigenvalue weighted by molar-refractivity contribution is 0.313. The molecule has 1 rings (SSSR count). The topological polar surface area (TPSA) is 62.9 Å². The van der Waals surface area contributed by atoms with E-state index in [0.717, 1.165) is 31.1 Å². The molecule has 1 aromatic carbocycles. The summed E-state index contributed by atoms with van der Waals surface area (Å²) >= 11 is 0. The maximum Gasteiger partial charge on any atom is 0.193 e. The van der Waals surface area contributed by atoms with E-state index < -0.39 is 0 Å². The Labute approximate surface area is 115 Å². The Hall–Kier alpha value is -1.75. The highest BCUT2D eigenvalue weighted by molar-refractivity contribution is 5.92. The van der Waals surface area contributed by atoms with Gasteiger partial charge in [0, 0.05) is 12.2 Å². The average molecular weight is 264 g/mol. The van der Waals surface area contributed by atoms with Crippen LogP contribution in [0.1, 0.15) is 13.8 Å². The molecule has 0 amide bonds. The molecule has 0 bridgehead atoms. The van der Waals surface area contributed by atoms with Gasteiger partial charge in [0.2, 0.25) is 0 Å². The van der Waals surface area contributed by atoms with E-state index >= 15 is 0 Å². The minimum absolute atomic E-state index is 0.442. The van der Waals surface area contributed by atoms with Crippen LogP contribution in [0.25, 0.3) is 0 Å². The largest absolute Gasteiger partial charge is 0.497 e. The highest BCUT2D eigenvalue weighted by Crippen LogP contribution is 2.14. The monoisotopic (exact) mass is 264 g/mol. The number of ether oxygens (including phenoxy) is 1. The van der Waals surface area contributed by atoms with Crippen LogP contribution in [0.2, 0.25) is 0 Å². The fourth-order valence-electron chi connectivity index (χ4n) is 1.71. The summed E-state index contributed by atoms with van der Waals surface area (Å²) in [6.07, 6.45) is 0. The summed E-state index contributed by atoms with van der Waals surface area (Å²) in [6.45, 7) is 8.00. The zero-order valence-electron chi connectivity index (χ0n) is 12.0. The zero-order chi connectivity index (χ0) is 14.1. The van der Waals surface area contributed by atoms with E-state index in [9.17, 15) is 0 Å². The molecule has 0 fully saturated rings. The van der Waals surface area contributed by atoms with Crippen molar-refractivity contribution in [2.45, 2.75) is 13.8 Å². The second-order valence-corrected chi connectivity index (χ2v) is 4.15. The number of guanidine groups is 1. The first-order valence-electron chi connectivity index (χ1n) is 6.63. The number of anilines is 1. The van der Waals surface area contributed by atoms with Crippen LogP contribution in [0.5, 0.6) is 5.75 Å². The molecule has 106 valence electrons. The standard InChI is InChI=1S/C14H24N4O/c1-4-18(5-2)11-10-16-14(15)17-12-6-8-13(19-3)9-7-12/h6-9H,4-5,10-11H2,1-3H3,(H3,15,16,17). The predicted octanol–water partition coefficient (Wildman–Crippen LogP) is 1.76. The van der Waals surface area contributed by atoms with Crippen LogP contribution in [-0.4, -0.2) is 44.1 Å². The van der Waals surface area contributed by atoms with Crippen molar-refractivity contribution in [1.82, 2.24) is 4.90 Å². The second kappa shape index (κ2) is 8.37. The molecule has 1 aromatic rings. The number of likely N-dealkylation sites (N-methyl/N-ethyl adjacent to an activating group) is 1. The van der Waals surface area contributed by atoms with E-state index in [4.69, 9.17) is 10.5 Å². The lowest BCUT2D eigenvalue weighted by Gasteiger charge is -2.16. The average Bonchev–Trinajstić information content (AvgIpc) is 2.44. The summed E-state index contributed by atoms with van der Waals surface area (Å²) < 4.78 is 5.10. The summed E-state index contributed by atoms with van der Waals surface area (Å²) in [5.41, 5.74) is 6.74. The van der Waals surface area contributed by atoms with Crippen molar-refractivity contribution >= 4 is 11.6 Å². The van der Waals surface area contributed by atoms with Gasteiger partial charge in [0.15, 0.2) is 5.96 Å². The van der Waals surface area contributed by atoms with Crippen molar-refractivity contribution < 1.29 is 4.74 Å². The number of hydrogen-bond donors (Lipinski definition) is 2. The molecule has 0 saturated carbocycles. The van der Waals surface area contributed by atoms with Crippen LogP contribution in [0, 0.1) is 0 Å². The van der Waals surface area contributed by atoms with Gasteiger partial charge in [0.1, 0.15) is 5.75 Å². The van der Waals surface area contributed by atoms with Crippen LogP contribution in [0.15, 0.2) is 29.3 Å². The number of nitrogens with two attached hydrogens (primary N) is 1. The quantitative estimate of drug-likeness (QED) is 0.582. The summed E-state index contributed by atoms with van der Waals surface area (Å²) in [7, 11) is 1.64. The van der Waals surface area contributed by atoms with Crippen LogP contribution >= 0.6 is 0 Å². The molecule has 0 spiro atoms. The molecule has 0 saturated heterocycles. The Balaban J connectivity index is 2.42. The number of methoxy groups -OCH3 is 1. The van der Waals surface area contributed by atoms with E-state index in [1.807, 2.05) is 24.3 Å². The van der Waals surface area contributed by atoms with Crippen molar-refractivity contribution in [3.8, 4) is 5.75 Å². The Morgan fingerprint density at radius 1 is 1.26 bits per heavy atom. The van der Waals surface area contributed by atoms with Crippen LogP contribution in [0.4, 0.5) is 5.69 Å². The van der Waals surface area contributed by atoms with Gasteiger partial charge in [-0.25, -0.2) is 0 Å². The first kappa shape index (κ1) is 15.3. The zero-order valence-corrected chi connectivity index (χ0v) is 12.0. The summed E-state index contributed by atoms with van der Waals surface area (Å²) in [5, 5.41) is 3.06. The van der Waals surface area contributed by atoms with Crippen LogP contribution < -0.4 is 15.8 Å². The van der Waals surface area contributed by atoms with Gasteiger partial charge in [-0.15, -0.1) is 0 Å². The third kappa shape index (κ3) is 5.61. The molecule has 0 aliphatic carbocycles. The molecule has 0 aliphatic rings. The SMILES string of the molecule is CCN(CC)CCN=C(N)Nc1ccc(OC)cc1. The van der Waals surface area contributed by atoms with Gasteiger partial charge >= 0.3 is 0 Å². The number of benzene rings is 1. The molecular formula is C14H24N4O. The molecule has 0 unspecified atom stereocenters. The molecule has 0 atom stereocenters. The number of nitrogens with one attached hydrogen (secondary N) is 1. The molecular weight excluding hydrogens is 240 g/mol. The van der Waals surface area contributed by atoms with Crippen molar-refractivity contribution in [1.29, 1.82) is 0 Å². The molecule has 0 aromatic heterocycles. The molecule has 0 radical (unpaired) electrons. The van der Waals surface area contributed by atoms with E-state index in [-0.39, 0.29) is 0 Å². The molecule has 5 nitrogen and oxygen atoms in total. The normalized spacial score (nSPS) is 11.7. The Morgan fingerprint density at radius 2 is 1.89 bits per heavy atom. The first-order chi connectivity index (χ1) is 9.19. The van der Waals surface area contributed by atoms with Crippen LogP contribution in [-0.2, 0) is 0 Å². The van der Waals surface area contributed by atoms with Gasteiger partial charge in [0.25, 0.3) is 0 Å². The predicted molar refractivity (Wildman–Crippen MR) is 80.9 cm³/mol. The van der Waals surface area contributed by atoms with Gasteiger partial charge in [-0.05, 0) is 37.4 Å². The van der Waals surface area contributed by atoms with E-state index in [0.29, 0.717) is 12.5 Å². The van der Waals surface area contributed by atoms with Gasteiger partial charge in [-0.1, -0.05) is 13.8 Å². The van der Waals surface area contributed by atoms with Gasteiger partial charge in [0.05, 0.1) is 13.7 Å². The molecule has 5 heteroatoms.